The first-order chi connectivity index (χ1) is 22.3. The number of benzene rings is 3. The van der Waals surface area contributed by atoms with Crippen LogP contribution in [-0.2, 0) is 16.1 Å². The minimum atomic E-state index is -0.373. The largest absolute Gasteiger partial charge is 0.488 e. The number of amides is 2. The molecule has 2 heterocycles. The monoisotopic (exact) mass is 630 g/mol. The van der Waals surface area contributed by atoms with Gasteiger partial charge < -0.3 is 29.5 Å². The van der Waals surface area contributed by atoms with E-state index in [0.29, 0.717) is 62.8 Å². The molecular weight excluding hydrogens is 584 g/mol. The van der Waals surface area contributed by atoms with Gasteiger partial charge in [-0.3, -0.25) is 19.4 Å². The van der Waals surface area contributed by atoms with E-state index >= 15 is 0 Å². The van der Waals surface area contributed by atoms with Crippen LogP contribution in [0.2, 0.25) is 0 Å². The minimum Gasteiger partial charge on any atom is -0.488 e. The molecule has 0 bridgehead atoms. The van der Waals surface area contributed by atoms with E-state index < -0.39 is 0 Å². The number of carbonyl (C=O) groups is 2. The highest BCUT2D eigenvalue weighted by molar-refractivity contribution is 6.00. The summed E-state index contributed by atoms with van der Waals surface area (Å²) in [5, 5.41) is 13.0. The molecule has 0 aromatic heterocycles. The van der Waals surface area contributed by atoms with Crippen LogP contribution in [0.1, 0.15) is 36.2 Å². The number of nitrogens with one attached hydrogen (secondary N) is 1. The fourth-order valence-corrected chi connectivity index (χ4v) is 5.80. The van der Waals surface area contributed by atoms with Crippen molar-refractivity contribution in [2.24, 2.45) is 5.92 Å². The summed E-state index contributed by atoms with van der Waals surface area (Å²) in [5.74, 6) is 1.70. The first-order valence-electron chi connectivity index (χ1n) is 16.1. The summed E-state index contributed by atoms with van der Waals surface area (Å²) >= 11 is 0. The Morgan fingerprint density at radius 2 is 1.78 bits per heavy atom. The minimum absolute atomic E-state index is 0.00485. The van der Waals surface area contributed by atoms with Crippen LogP contribution in [0, 0.1) is 5.92 Å². The summed E-state index contributed by atoms with van der Waals surface area (Å²) in [6.07, 6.45) is 0.129. The Labute approximate surface area is 271 Å². The lowest BCUT2D eigenvalue weighted by Gasteiger charge is -2.38. The summed E-state index contributed by atoms with van der Waals surface area (Å²) in [6, 6.07) is 22.6. The van der Waals surface area contributed by atoms with Crippen molar-refractivity contribution in [2.45, 2.75) is 39.0 Å². The Balaban J connectivity index is 1.26. The molecule has 1 saturated heterocycles. The van der Waals surface area contributed by atoms with Crippen molar-refractivity contribution in [2.75, 3.05) is 64.9 Å². The molecule has 0 spiro atoms. The smallest absolute Gasteiger partial charge is 0.258 e. The number of fused-ring (bicyclic) bond motifs is 1. The average molecular weight is 631 g/mol. The van der Waals surface area contributed by atoms with Gasteiger partial charge in [-0.1, -0.05) is 37.3 Å². The molecule has 246 valence electrons. The van der Waals surface area contributed by atoms with Crippen LogP contribution in [-0.4, -0.2) is 103 Å². The summed E-state index contributed by atoms with van der Waals surface area (Å²) in [5.41, 5.74) is 2.06. The number of hydrogen-bond donors (Lipinski definition) is 2. The van der Waals surface area contributed by atoms with Crippen molar-refractivity contribution in [3.05, 3.63) is 83.9 Å². The SMILES string of the molecule is C[C@H]1CN([C@@H](C)CO)C(=O)c2cc(NC(=O)CCN3CCOCC3)ccc2O[C@@H]1CN(C)Cc1ccc(Oc2ccccc2)cc1. The second-order valence-corrected chi connectivity index (χ2v) is 12.3. The molecule has 3 aromatic rings. The second kappa shape index (κ2) is 16.0. The van der Waals surface area contributed by atoms with Gasteiger partial charge in [0, 0.05) is 57.3 Å². The van der Waals surface area contributed by atoms with E-state index in [1.54, 1.807) is 23.1 Å². The fraction of sp³-hybridized carbons (Fsp3) is 0.444. The van der Waals surface area contributed by atoms with Crippen LogP contribution < -0.4 is 14.8 Å². The zero-order chi connectivity index (χ0) is 32.5. The summed E-state index contributed by atoms with van der Waals surface area (Å²) in [6.45, 7) is 9.19. The summed E-state index contributed by atoms with van der Waals surface area (Å²) in [4.78, 5) is 32.7. The number of anilines is 1. The molecule has 10 heteroatoms. The second-order valence-electron chi connectivity index (χ2n) is 12.3. The van der Waals surface area contributed by atoms with Crippen LogP contribution in [0.5, 0.6) is 17.2 Å². The van der Waals surface area contributed by atoms with Crippen molar-refractivity contribution in [3.63, 3.8) is 0 Å². The van der Waals surface area contributed by atoms with Crippen LogP contribution in [0.4, 0.5) is 5.69 Å². The maximum Gasteiger partial charge on any atom is 0.258 e. The molecule has 1 fully saturated rings. The van der Waals surface area contributed by atoms with Crippen molar-refractivity contribution < 1.29 is 28.9 Å². The molecule has 10 nitrogen and oxygen atoms in total. The van der Waals surface area contributed by atoms with E-state index in [0.717, 1.165) is 30.2 Å². The maximum absolute atomic E-state index is 13.8. The molecule has 0 aliphatic carbocycles. The molecule has 0 saturated carbocycles. The fourth-order valence-electron chi connectivity index (χ4n) is 5.80. The van der Waals surface area contributed by atoms with E-state index in [1.807, 2.05) is 49.4 Å². The Bertz CT molecular complexity index is 1430. The van der Waals surface area contributed by atoms with Gasteiger partial charge in [0.25, 0.3) is 5.91 Å². The number of nitrogens with zero attached hydrogens (tertiary/aromatic N) is 3. The predicted molar refractivity (Wildman–Crippen MR) is 177 cm³/mol. The maximum atomic E-state index is 13.8. The lowest BCUT2D eigenvalue weighted by atomic mass is 9.99. The Hall–Kier alpha value is -3.96. The molecule has 3 aromatic carbocycles. The van der Waals surface area contributed by atoms with Gasteiger partial charge in [-0.25, -0.2) is 0 Å². The molecule has 2 amide bonds. The van der Waals surface area contributed by atoms with Crippen LogP contribution in [0.15, 0.2) is 72.8 Å². The topological polar surface area (TPSA) is 104 Å². The molecule has 0 radical (unpaired) electrons. The van der Waals surface area contributed by atoms with Crippen molar-refractivity contribution >= 4 is 17.5 Å². The predicted octanol–water partition coefficient (Wildman–Crippen LogP) is 4.49. The number of aliphatic hydroxyl groups is 1. The molecule has 46 heavy (non-hydrogen) atoms. The molecule has 0 unspecified atom stereocenters. The van der Waals surface area contributed by atoms with Crippen molar-refractivity contribution in [1.29, 1.82) is 0 Å². The van der Waals surface area contributed by atoms with Crippen molar-refractivity contribution in [3.8, 4) is 17.2 Å². The number of morpholine rings is 1. The number of hydrogen-bond acceptors (Lipinski definition) is 8. The first kappa shape index (κ1) is 33.4. The van der Waals surface area contributed by atoms with Gasteiger partial charge in [-0.05, 0) is 62.0 Å². The van der Waals surface area contributed by atoms with Gasteiger partial charge in [0.2, 0.25) is 5.91 Å². The summed E-state index contributed by atoms with van der Waals surface area (Å²) < 4.78 is 17.9. The molecule has 3 atom stereocenters. The number of likely N-dealkylation sites (N-methyl/N-ethyl adjacent to an activating group) is 1. The van der Waals surface area contributed by atoms with E-state index in [4.69, 9.17) is 14.2 Å². The zero-order valence-electron chi connectivity index (χ0n) is 27.1. The zero-order valence-corrected chi connectivity index (χ0v) is 27.1. The number of para-hydroxylation sites is 1. The number of aliphatic hydroxyl groups excluding tert-OH is 1. The Morgan fingerprint density at radius 3 is 2.50 bits per heavy atom. The molecule has 2 N–H and O–H groups in total. The van der Waals surface area contributed by atoms with Gasteiger partial charge >= 0.3 is 0 Å². The van der Waals surface area contributed by atoms with Gasteiger partial charge in [0.1, 0.15) is 23.4 Å². The number of carbonyl (C=O) groups excluding carboxylic acids is 2. The Kier molecular flexibility index (Phi) is 11.7. The third kappa shape index (κ3) is 9.07. The van der Waals surface area contributed by atoms with E-state index in [1.165, 1.54) is 0 Å². The van der Waals surface area contributed by atoms with Gasteiger partial charge in [0.05, 0.1) is 31.4 Å². The van der Waals surface area contributed by atoms with Crippen molar-refractivity contribution in [1.82, 2.24) is 14.7 Å². The van der Waals surface area contributed by atoms with Crippen LogP contribution in [0.25, 0.3) is 0 Å². The van der Waals surface area contributed by atoms with E-state index in [9.17, 15) is 14.7 Å². The number of ether oxygens (including phenoxy) is 3. The lowest BCUT2D eigenvalue weighted by Crippen LogP contribution is -2.49. The molecular formula is C36H46N4O6. The quantitative estimate of drug-likeness (QED) is 0.302. The standard InChI is InChI=1S/C36H46N4O6/c1-26-22-40(27(2)25-41)36(43)32-21-29(37-35(42)15-16-39-17-19-44-20-18-39)11-14-33(32)46-34(26)24-38(3)23-28-9-12-31(13-10-28)45-30-7-5-4-6-8-30/h4-14,21,26-27,34,41H,15-20,22-25H2,1-3H3,(H,37,42)/t26-,27-,34+/m0/s1. The highest BCUT2D eigenvalue weighted by Crippen LogP contribution is 2.31. The third-order valence-corrected chi connectivity index (χ3v) is 8.55. The third-order valence-electron chi connectivity index (χ3n) is 8.55. The van der Waals surface area contributed by atoms with E-state index in [-0.39, 0.29) is 36.5 Å². The molecule has 2 aliphatic heterocycles. The molecule has 2 aliphatic rings. The lowest BCUT2D eigenvalue weighted by molar-refractivity contribution is -0.116. The first-order valence-corrected chi connectivity index (χ1v) is 16.1. The normalized spacial score (nSPS) is 19.5. The van der Waals surface area contributed by atoms with Gasteiger partial charge in [-0.2, -0.15) is 0 Å². The number of rotatable bonds is 12. The van der Waals surface area contributed by atoms with Crippen LogP contribution >= 0.6 is 0 Å². The summed E-state index contributed by atoms with van der Waals surface area (Å²) in [7, 11) is 2.05. The van der Waals surface area contributed by atoms with Crippen LogP contribution in [0.3, 0.4) is 0 Å². The Morgan fingerprint density at radius 1 is 1.07 bits per heavy atom. The average Bonchev–Trinajstić information content (AvgIpc) is 3.07. The van der Waals surface area contributed by atoms with Gasteiger partial charge in [-0.15, -0.1) is 0 Å². The molecule has 5 rings (SSSR count). The highest BCUT2D eigenvalue weighted by atomic mass is 16.5. The van der Waals surface area contributed by atoms with E-state index in [2.05, 4.69) is 41.2 Å². The van der Waals surface area contributed by atoms with Gasteiger partial charge in [0.15, 0.2) is 0 Å². The highest BCUT2D eigenvalue weighted by Gasteiger charge is 2.33.